The van der Waals surface area contributed by atoms with Crippen LogP contribution in [-0.4, -0.2) is 25.6 Å². The maximum absolute atomic E-state index is 15.2. The van der Waals surface area contributed by atoms with Gasteiger partial charge >= 0.3 is 0 Å². The summed E-state index contributed by atoms with van der Waals surface area (Å²) < 4.78 is 54.3. The molecule has 0 amide bonds. The van der Waals surface area contributed by atoms with Gasteiger partial charge in [-0.05, 0) is 78.3 Å². The normalized spacial score (nSPS) is 18.0. The molecule has 2 aromatic carbocycles. The molecule has 9 heteroatoms. The van der Waals surface area contributed by atoms with Crippen LogP contribution in [-0.2, 0) is 24.7 Å². The molecular weight excluding hydrogens is 460 g/mol. The number of nitrogens with one attached hydrogen (secondary N) is 1. The minimum atomic E-state index is -2.44. The highest BCUT2D eigenvalue weighted by atomic mass is 32.2. The number of benzene rings is 2. The number of pyridine rings is 1. The third kappa shape index (κ3) is 4.38. The Morgan fingerprint density at radius 3 is 2.53 bits per heavy atom. The van der Waals surface area contributed by atoms with Gasteiger partial charge in [0.15, 0.2) is 0 Å². The van der Waals surface area contributed by atoms with E-state index in [1.165, 1.54) is 22.8 Å². The monoisotopic (exact) mass is 482 g/mol. The predicted molar refractivity (Wildman–Crippen MR) is 125 cm³/mol. The summed E-state index contributed by atoms with van der Waals surface area (Å²) in [6, 6.07) is 10.4. The van der Waals surface area contributed by atoms with Gasteiger partial charge in [0.2, 0.25) is 0 Å². The highest BCUT2D eigenvalue weighted by molar-refractivity contribution is 7.77. The van der Waals surface area contributed by atoms with Crippen LogP contribution in [0.5, 0.6) is 0 Å². The van der Waals surface area contributed by atoms with Crippen LogP contribution in [0.15, 0.2) is 58.4 Å². The molecule has 1 aliphatic carbocycles. The van der Waals surface area contributed by atoms with Gasteiger partial charge in [-0.1, -0.05) is 0 Å². The van der Waals surface area contributed by atoms with Crippen molar-refractivity contribution in [2.75, 3.05) is 6.54 Å². The first-order chi connectivity index (χ1) is 16.3. The van der Waals surface area contributed by atoms with Crippen molar-refractivity contribution in [1.29, 1.82) is 0 Å². The van der Waals surface area contributed by atoms with Crippen molar-refractivity contribution in [3.8, 4) is 11.1 Å². The molecule has 6 nitrogen and oxygen atoms in total. The lowest BCUT2D eigenvalue weighted by molar-refractivity contribution is 0.522. The molecule has 1 N–H and O–H groups in total. The molecule has 0 spiro atoms. The molecule has 1 unspecified atom stereocenters. The second-order valence-electron chi connectivity index (χ2n) is 8.73. The Balaban J connectivity index is 1.74. The smallest absolute Gasteiger partial charge is 0.250 e. The Hall–Kier alpha value is -3.01. The number of fused-ring (bicyclic) bond motifs is 3. The highest BCUT2D eigenvalue weighted by Crippen LogP contribution is 2.48. The minimum absolute atomic E-state index is 0.0511. The van der Waals surface area contributed by atoms with Crippen LogP contribution in [0.4, 0.5) is 8.78 Å². The molecule has 0 radical (unpaired) electrons. The maximum Gasteiger partial charge on any atom is 0.250 e. The maximum atomic E-state index is 15.2. The highest BCUT2D eigenvalue weighted by Gasteiger charge is 2.37. The van der Waals surface area contributed by atoms with E-state index in [2.05, 4.69) is 4.72 Å². The molecule has 176 valence electrons. The van der Waals surface area contributed by atoms with Crippen molar-refractivity contribution in [2.45, 2.75) is 25.3 Å². The van der Waals surface area contributed by atoms with Crippen molar-refractivity contribution in [1.82, 2.24) is 9.29 Å². The zero-order valence-electron chi connectivity index (χ0n) is 18.4. The number of hydrogen-bond acceptors (Lipinski definition) is 4. The zero-order chi connectivity index (χ0) is 24.0. The second kappa shape index (κ2) is 8.98. The van der Waals surface area contributed by atoms with E-state index in [9.17, 15) is 17.9 Å². The SMILES string of the molecule is Cn1cc2c(cc1=O)[C@H](C1CC1)N=C(c1ccc(F)cc1)c1cc(F)c(CCNS(=O)[O-])cc1-2. The van der Waals surface area contributed by atoms with Crippen LogP contribution in [0, 0.1) is 17.6 Å². The van der Waals surface area contributed by atoms with Gasteiger partial charge in [0.1, 0.15) is 11.6 Å². The van der Waals surface area contributed by atoms with Gasteiger partial charge in [0.05, 0.1) is 11.8 Å². The molecule has 2 heterocycles. The van der Waals surface area contributed by atoms with Gasteiger partial charge in [0.25, 0.3) is 5.56 Å². The molecule has 1 aliphatic heterocycles. The molecule has 2 aliphatic rings. The lowest BCUT2D eigenvalue weighted by Gasteiger charge is -2.17. The Morgan fingerprint density at radius 1 is 1.12 bits per heavy atom. The first-order valence-electron chi connectivity index (χ1n) is 11.0. The Bertz CT molecular complexity index is 1380. The van der Waals surface area contributed by atoms with E-state index >= 15 is 4.39 Å². The Kier molecular flexibility index (Phi) is 6.01. The van der Waals surface area contributed by atoms with Crippen molar-refractivity contribution < 1.29 is 17.5 Å². The second-order valence-corrected chi connectivity index (χ2v) is 9.48. The molecule has 0 saturated heterocycles. The summed E-state index contributed by atoms with van der Waals surface area (Å²) in [6.07, 6.45) is 3.87. The van der Waals surface area contributed by atoms with E-state index in [1.54, 1.807) is 37.5 Å². The number of aryl methyl sites for hydroxylation is 1. The van der Waals surface area contributed by atoms with Gasteiger partial charge in [-0.3, -0.25) is 14.0 Å². The third-order valence-electron chi connectivity index (χ3n) is 6.38. The van der Waals surface area contributed by atoms with E-state index in [0.717, 1.165) is 24.0 Å². The molecule has 2 atom stereocenters. The molecule has 5 rings (SSSR count). The van der Waals surface area contributed by atoms with Crippen molar-refractivity contribution in [3.05, 3.63) is 92.9 Å². The number of halogens is 2. The first-order valence-corrected chi connectivity index (χ1v) is 12.1. The van der Waals surface area contributed by atoms with E-state index < -0.39 is 17.1 Å². The van der Waals surface area contributed by atoms with Crippen LogP contribution in [0.3, 0.4) is 0 Å². The van der Waals surface area contributed by atoms with E-state index in [0.29, 0.717) is 28.0 Å². The quantitative estimate of drug-likeness (QED) is 0.545. The van der Waals surface area contributed by atoms with E-state index in [1.807, 2.05) is 0 Å². The minimum Gasteiger partial charge on any atom is -0.760 e. The fourth-order valence-electron chi connectivity index (χ4n) is 4.50. The number of nitrogens with zero attached hydrogens (tertiary/aromatic N) is 2. The predicted octanol–water partition coefficient (Wildman–Crippen LogP) is 3.56. The summed E-state index contributed by atoms with van der Waals surface area (Å²) in [5.41, 5.74) is 4.23. The molecule has 34 heavy (non-hydrogen) atoms. The molecule has 1 fully saturated rings. The average Bonchev–Trinajstić information content (AvgIpc) is 3.64. The average molecular weight is 483 g/mol. The largest absolute Gasteiger partial charge is 0.760 e. The van der Waals surface area contributed by atoms with E-state index in [-0.39, 0.29) is 36.3 Å². The summed E-state index contributed by atoms with van der Waals surface area (Å²) >= 11 is -2.44. The first kappa shape index (κ1) is 22.8. The summed E-state index contributed by atoms with van der Waals surface area (Å²) in [5, 5.41) is 0. The van der Waals surface area contributed by atoms with Crippen LogP contribution in [0.2, 0.25) is 0 Å². The Labute approximate surface area is 197 Å². The van der Waals surface area contributed by atoms with Crippen LogP contribution >= 0.6 is 0 Å². The lowest BCUT2D eigenvalue weighted by atomic mass is 9.89. The topological polar surface area (TPSA) is 86.5 Å². The van der Waals surface area contributed by atoms with Gasteiger partial charge in [0, 0.05) is 53.8 Å². The van der Waals surface area contributed by atoms with Gasteiger partial charge < -0.3 is 9.12 Å². The number of rotatable bonds is 6. The van der Waals surface area contributed by atoms with Crippen molar-refractivity contribution >= 4 is 17.0 Å². The molecular formula is C25H22F2N3O3S-. The molecule has 3 aromatic rings. The van der Waals surface area contributed by atoms with E-state index in [4.69, 9.17) is 4.99 Å². The van der Waals surface area contributed by atoms with Gasteiger partial charge in [-0.15, -0.1) is 0 Å². The van der Waals surface area contributed by atoms with Crippen molar-refractivity contribution in [3.63, 3.8) is 0 Å². The summed E-state index contributed by atoms with van der Waals surface area (Å²) in [4.78, 5) is 17.6. The van der Waals surface area contributed by atoms with Crippen LogP contribution < -0.4 is 10.3 Å². The number of aliphatic imine (C=N–C) groups is 1. The lowest BCUT2D eigenvalue weighted by Crippen LogP contribution is -2.20. The summed E-state index contributed by atoms with van der Waals surface area (Å²) in [7, 11) is 1.67. The van der Waals surface area contributed by atoms with Crippen LogP contribution in [0.25, 0.3) is 11.1 Å². The fraction of sp³-hybridized carbons (Fsp3) is 0.280. The van der Waals surface area contributed by atoms with Crippen molar-refractivity contribution in [2.24, 2.45) is 18.0 Å². The molecule has 1 saturated carbocycles. The zero-order valence-corrected chi connectivity index (χ0v) is 19.2. The van der Waals surface area contributed by atoms with Crippen LogP contribution in [0.1, 0.15) is 41.1 Å². The van der Waals surface area contributed by atoms with Gasteiger partial charge in [-0.2, -0.15) is 0 Å². The molecule has 0 bridgehead atoms. The fourth-order valence-corrected chi connectivity index (χ4v) is 4.77. The third-order valence-corrected chi connectivity index (χ3v) is 6.82. The summed E-state index contributed by atoms with van der Waals surface area (Å²) in [5.74, 6) is -0.590. The molecule has 1 aromatic heterocycles. The number of hydrogen-bond donors (Lipinski definition) is 1. The number of aromatic nitrogens is 1. The summed E-state index contributed by atoms with van der Waals surface area (Å²) in [6.45, 7) is 0.0511. The standard InChI is InChI=1S/C25H23F2N3O3S/c1-30-13-21-18-10-16(8-9-28-34(32)33)22(27)11-19(18)24(15-4-6-17(26)7-5-15)29-25(14-2-3-14)20(21)12-23(30)31/h4-7,10-14,25,28H,2-3,8-9H2,1H3,(H,32,33)/p-1/t25-/m0/s1. The van der Waals surface area contributed by atoms with Gasteiger partial charge in [-0.25, -0.2) is 13.5 Å². The Morgan fingerprint density at radius 2 is 1.85 bits per heavy atom.